The van der Waals surface area contributed by atoms with Crippen LogP contribution in [-0.2, 0) is 19.0 Å². The second kappa shape index (κ2) is 36.4. The van der Waals surface area contributed by atoms with E-state index in [9.17, 15) is 9.90 Å². The molecule has 5 aliphatic rings. The van der Waals surface area contributed by atoms with Crippen LogP contribution in [0.15, 0.2) is 91.4 Å². The van der Waals surface area contributed by atoms with Gasteiger partial charge in [0, 0.05) is 32.2 Å². The number of furan rings is 1. The predicted octanol–water partition coefficient (Wildman–Crippen LogP) is 19.7. The number of hydrogen-bond acceptors (Lipinski definition) is 6. The Hall–Kier alpha value is -3.13. The van der Waals surface area contributed by atoms with Crippen LogP contribution in [0.5, 0.6) is 0 Å². The molecule has 0 aliphatic heterocycles. The summed E-state index contributed by atoms with van der Waals surface area (Å²) in [6.45, 7) is 22.5. The fourth-order valence-electron chi connectivity index (χ4n) is 16.0. The van der Waals surface area contributed by atoms with E-state index in [1.807, 2.05) is 0 Å². The number of carbonyl (C=O) groups is 1. The Morgan fingerprint density at radius 2 is 1.15 bits per heavy atom. The van der Waals surface area contributed by atoms with Crippen molar-refractivity contribution in [1.29, 1.82) is 0 Å². The van der Waals surface area contributed by atoms with Crippen LogP contribution in [0.2, 0.25) is 0 Å². The first-order valence-electron chi connectivity index (χ1n) is 33.0. The maximum Gasteiger partial charge on any atom is 0.220 e. The topological polar surface area (TPSA) is 90.2 Å². The molecular weight excluding hydrogens is 963 g/mol. The van der Waals surface area contributed by atoms with Crippen LogP contribution in [0.1, 0.15) is 268 Å². The number of unbranched alkanes of at least 4 members (excludes halogenated alkanes) is 15. The molecule has 1 amide bonds. The zero-order valence-electron chi connectivity index (χ0n) is 50.0. The lowest BCUT2D eigenvalue weighted by Gasteiger charge is -2.46. The Morgan fingerprint density at radius 3 is 1.71 bits per heavy atom. The van der Waals surface area contributed by atoms with Crippen molar-refractivity contribution in [3.63, 3.8) is 0 Å². The lowest BCUT2D eigenvalue weighted by atomic mass is 9.59. The first kappa shape index (κ1) is 64.0. The van der Waals surface area contributed by atoms with Gasteiger partial charge in [-0.2, -0.15) is 0 Å². The molecule has 1 aromatic rings. The largest absolute Gasteiger partial charge is 0.515 e. The number of carbonyl (C=O) groups excluding carboxylic acids is 1. The van der Waals surface area contributed by atoms with Crippen molar-refractivity contribution in [2.24, 2.45) is 40.9 Å². The van der Waals surface area contributed by atoms with Crippen molar-refractivity contribution in [3.8, 4) is 0 Å². The molecule has 2 N–H and O–H groups in total. The van der Waals surface area contributed by atoms with Gasteiger partial charge in [-0.05, 0) is 192 Å². The summed E-state index contributed by atoms with van der Waals surface area (Å²) in [5.74, 6) is 6.92. The molecule has 5 fully saturated rings. The Morgan fingerprint density at radius 1 is 0.641 bits per heavy atom. The maximum absolute atomic E-state index is 12.1. The van der Waals surface area contributed by atoms with Crippen molar-refractivity contribution < 1.29 is 28.5 Å². The molecule has 5 aliphatic carbocycles. The highest BCUT2D eigenvalue weighted by Crippen LogP contribution is 2.68. The van der Waals surface area contributed by atoms with E-state index in [0.29, 0.717) is 47.7 Å². The van der Waals surface area contributed by atoms with Gasteiger partial charge in [0.1, 0.15) is 5.76 Å². The number of aliphatic hydroxyl groups excluding tert-OH is 1. The van der Waals surface area contributed by atoms with E-state index in [1.54, 1.807) is 24.3 Å². The van der Waals surface area contributed by atoms with E-state index in [1.165, 1.54) is 178 Å². The molecule has 0 bridgehead atoms. The Balaban J connectivity index is 0.857. The second-order valence-electron chi connectivity index (χ2n) is 25.4. The molecule has 0 aromatic carbocycles. The fourth-order valence-corrected chi connectivity index (χ4v) is 16.0. The number of amides is 1. The summed E-state index contributed by atoms with van der Waals surface area (Å²) >= 11 is 0. The average molecular weight is 1080 g/mol. The van der Waals surface area contributed by atoms with Crippen LogP contribution in [0.4, 0.5) is 0 Å². The quantitative estimate of drug-likeness (QED) is 0.0295. The van der Waals surface area contributed by atoms with Crippen molar-refractivity contribution in [3.05, 3.63) is 98.3 Å². The van der Waals surface area contributed by atoms with Gasteiger partial charge in [-0.1, -0.05) is 147 Å². The number of fused-ring (bicyclic) bond motifs is 3. The smallest absolute Gasteiger partial charge is 0.220 e. The van der Waals surface area contributed by atoms with Gasteiger partial charge in [-0.25, -0.2) is 0 Å². The van der Waals surface area contributed by atoms with Crippen LogP contribution < -0.4 is 5.32 Å². The molecule has 78 heavy (non-hydrogen) atoms. The summed E-state index contributed by atoms with van der Waals surface area (Å²) in [6, 6.07) is 2.37. The van der Waals surface area contributed by atoms with Gasteiger partial charge in [-0.3, -0.25) is 4.79 Å². The van der Waals surface area contributed by atoms with E-state index in [0.717, 1.165) is 113 Å². The van der Waals surface area contributed by atoms with Gasteiger partial charge >= 0.3 is 0 Å². The second-order valence-corrected chi connectivity index (χ2v) is 25.4. The molecule has 440 valence electrons. The third-order valence-corrected chi connectivity index (χ3v) is 20.3. The Labute approximate surface area is 477 Å². The summed E-state index contributed by atoms with van der Waals surface area (Å²) in [5.41, 5.74) is 3.04. The van der Waals surface area contributed by atoms with E-state index in [-0.39, 0.29) is 18.1 Å². The monoisotopic (exact) mass is 1080 g/mol. The van der Waals surface area contributed by atoms with Crippen LogP contribution >= 0.6 is 0 Å². The molecule has 0 spiro atoms. The molecule has 6 rings (SSSR count). The minimum absolute atomic E-state index is 0.0123. The van der Waals surface area contributed by atoms with Crippen molar-refractivity contribution in [1.82, 2.24) is 5.32 Å². The van der Waals surface area contributed by atoms with E-state index in [4.69, 9.17) is 18.6 Å². The van der Waals surface area contributed by atoms with Crippen LogP contribution in [0, 0.1) is 40.9 Å². The van der Waals surface area contributed by atoms with Gasteiger partial charge in [0.05, 0.1) is 36.9 Å². The molecular formula is C71H115NO6. The summed E-state index contributed by atoms with van der Waals surface area (Å²) in [5, 5.41) is 13.5. The molecule has 0 saturated heterocycles. The van der Waals surface area contributed by atoms with Crippen molar-refractivity contribution >= 4 is 5.91 Å². The van der Waals surface area contributed by atoms with Gasteiger partial charge in [-0.15, -0.1) is 26.3 Å². The Kier molecular flexibility index (Phi) is 29.9. The first-order valence-corrected chi connectivity index (χ1v) is 33.0. The number of allylic oxidation sites excluding steroid dienone is 3. The highest BCUT2D eigenvalue weighted by atomic mass is 16.5. The normalized spacial score (nSPS) is 27.2. The zero-order valence-corrected chi connectivity index (χ0v) is 50.0. The molecule has 7 nitrogen and oxygen atoms in total. The summed E-state index contributed by atoms with van der Waals surface area (Å²) in [4.78, 5) is 12.1. The van der Waals surface area contributed by atoms with Gasteiger partial charge in [0.2, 0.25) is 5.91 Å². The lowest BCUT2D eigenvalue weighted by Crippen LogP contribution is -2.37. The van der Waals surface area contributed by atoms with E-state index >= 15 is 0 Å². The van der Waals surface area contributed by atoms with Crippen LogP contribution in [-0.4, -0.2) is 55.2 Å². The Bertz CT molecular complexity index is 1870. The zero-order chi connectivity index (χ0) is 55.2. The summed E-state index contributed by atoms with van der Waals surface area (Å²) < 4.78 is 25.2. The molecule has 6 atom stereocenters. The number of ether oxygens (including phenoxy) is 3. The number of nitrogens with one attached hydrogen (secondary N) is 1. The first-order chi connectivity index (χ1) is 38.3. The van der Waals surface area contributed by atoms with Crippen LogP contribution in [0.3, 0.4) is 0 Å². The molecule has 1 heterocycles. The van der Waals surface area contributed by atoms with Crippen molar-refractivity contribution in [2.45, 2.75) is 281 Å². The standard InChI is InChI=1S/C71H115NO6/c1-7-45-71(46-8-2)67-50-55(31-33-59(53-73)56-34-39-63(40-35-56)76-48-28-24-20-16-13-15-19-23-27-47-75-62(11-5)12-6)32-43-65(67)66-44-38-58(51-68(66)71)69-52-60(54-78-69)57-36-41-64(42-37-57)77-49-29-25-21-17-14-18-22-26-30-70(74)72-61(9-3)10-4/h9-12,31,33,52-58,61-68,73H,3-8,13-30,32,34-51H2,1-2H3,(H,72,74)/b33-31+,59-53+. The number of rotatable bonds is 40. The third-order valence-electron chi connectivity index (χ3n) is 20.3. The molecule has 0 radical (unpaired) electrons. The number of hydrogen-bond donors (Lipinski definition) is 2. The molecule has 6 unspecified atom stereocenters. The molecule has 5 saturated carbocycles. The predicted molar refractivity (Wildman–Crippen MR) is 327 cm³/mol. The minimum atomic E-state index is -0.129. The minimum Gasteiger partial charge on any atom is -0.515 e. The summed E-state index contributed by atoms with van der Waals surface area (Å²) in [7, 11) is 0. The van der Waals surface area contributed by atoms with Gasteiger partial charge in [0.25, 0.3) is 0 Å². The lowest BCUT2D eigenvalue weighted by molar-refractivity contribution is -0.121. The SMILES string of the molecule is C=CC(C=C)NC(=O)CCCCCCCCCCOC1CCC(c2coc(C3CCC4C5CCC(/C=C/C(=C\O)C6CCC(OCCCCCCCCCCCOC(C=C)C=C)CC6)CC5C(CCC)(CCC)C4C3)c2)CC1. The third kappa shape index (κ3) is 20.1. The molecule has 1 aromatic heterocycles. The van der Waals surface area contributed by atoms with E-state index < -0.39 is 0 Å². The van der Waals surface area contributed by atoms with Crippen LogP contribution in [0.25, 0.3) is 0 Å². The summed E-state index contributed by atoms with van der Waals surface area (Å²) in [6.07, 6.45) is 60.3. The number of aliphatic hydroxyl groups is 1. The maximum atomic E-state index is 12.1. The molecule has 7 heteroatoms. The fraction of sp³-hybridized carbons (Fsp3) is 0.761. The van der Waals surface area contributed by atoms with E-state index in [2.05, 4.69) is 70.0 Å². The highest BCUT2D eigenvalue weighted by Gasteiger charge is 2.60. The van der Waals surface area contributed by atoms with Gasteiger partial charge < -0.3 is 29.1 Å². The average Bonchev–Trinajstić information content (AvgIpc) is 4.25. The van der Waals surface area contributed by atoms with Crippen molar-refractivity contribution in [2.75, 3.05) is 19.8 Å². The highest BCUT2D eigenvalue weighted by molar-refractivity contribution is 5.76. The van der Waals surface area contributed by atoms with Gasteiger partial charge in [0.15, 0.2) is 0 Å².